The van der Waals surface area contributed by atoms with Crippen LogP contribution in [0.4, 0.5) is 4.39 Å². The van der Waals surface area contributed by atoms with Crippen molar-refractivity contribution in [3.05, 3.63) is 57.9 Å². The zero-order valence-corrected chi connectivity index (χ0v) is 13.8. The van der Waals surface area contributed by atoms with Gasteiger partial charge in [0.15, 0.2) is 5.82 Å². The maximum atomic E-state index is 13.1. The van der Waals surface area contributed by atoms with Crippen molar-refractivity contribution in [2.24, 2.45) is 12.1 Å². The van der Waals surface area contributed by atoms with E-state index in [0.717, 1.165) is 11.3 Å². The highest BCUT2D eigenvalue weighted by Gasteiger charge is 2.10. The van der Waals surface area contributed by atoms with Crippen LogP contribution in [-0.4, -0.2) is 25.7 Å². The Hall–Kier alpha value is -3.05. The summed E-state index contributed by atoms with van der Waals surface area (Å²) in [5, 5.41) is 20.3. The molecule has 3 rings (SSSR count). The van der Waals surface area contributed by atoms with Crippen molar-refractivity contribution in [1.82, 2.24) is 19.4 Å². The molecular formula is C16H13FN6S. The molecule has 0 saturated carbocycles. The fraction of sp³-hybridized carbons (Fsp3) is 0.125. The van der Waals surface area contributed by atoms with Gasteiger partial charge >= 0.3 is 0 Å². The number of benzene rings is 1. The van der Waals surface area contributed by atoms with Crippen LogP contribution < -0.4 is 0 Å². The van der Waals surface area contributed by atoms with E-state index in [1.807, 2.05) is 14.0 Å². The molecule has 0 aliphatic rings. The van der Waals surface area contributed by atoms with Crippen LogP contribution in [-0.2, 0) is 7.05 Å². The van der Waals surface area contributed by atoms with Gasteiger partial charge in [0, 0.05) is 23.9 Å². The maximum absolute atomic E-state index is 13.1. The molecule has 0 fully saturated rings. The topological polar surface area (TPSA) is 74.7 Å². The summed E-state index contributed by atoms with van der Waals surface area (Å²) in [6.45, 7) is 1.90. The summed E-state index contributed by atoms with van der Waals surface area (Å²) in [5.41, 5.74) is 2.95. The Labute approximate surface area is 142 Å². The minimum atomic E-state index is -0.327. The average molecular weight is 340 g/mol. The van der Waals surface area contributed by atoms with Crippen LogP contribution in [0, 0.1) is 28.8 Å². The van der Waals surface area contributed by atoms with Gasteiger partial charge in [-0.25, -0.2) is 9.49 Å². The largest absolute Gasteiger partial charge is 0.339 e. The summed E-state index contributed by atoms with van der Waals surface area (Å²) in [4.78, 5) is 0. The third-order valence-corrected chi connectivity index (χ3v) is 4.02. The molecule has 0 unspecified atom stereocenters. The Kier molecular flexibility index (Phi) is 4.10. The van der Waals surface area contributed by atoms with Gasteiger partial charge in [-0.3, -0.25) is 0 Å². The lowest BCUT2D eigenvalue weighted by molar-refractivity contribution is 0.628. The standard InChI is InChI=1S/C16H13FN6S/c1-10-12(7-14(8-18)22(10)2)9-19-23-15(20-21-16(23)24)11-3-5-13(17)6-4-11/h3-7,9H,1-2H3,(H,21,24)/b19-9-. The van der Waals surface area contributed by atoms with E-state index in [0.29, 0.717) is 21.9 Å². The maximum Gasteiger partial charge on any atom is 0.216 e. The molecule has 2 heterocycles. The van der Waals surface area contributed by atoms with Crippen LogP contribution in [0.2, 0.25) is 0 Å². The van der Waals surface area contributed by atoms with Crippen LogP contribution in [0.1, 0.15) is 17.0 Å². The highest BCUT2D eigenvalue weighted by molar-refractivity contribution is 7.71. The lowest BCUT2D eigenvalue weighted by atomic mass is 10.2. The molecule has 8 heteroatoms. The minimum Gasteiger partial charge on any atom is -0.339 e. The van der Waals surface area contributed by atoms with Crippen LogP contribution in [0.3, 0.4) is 0 Å². The van der Waals surface area contributed by atoms with Crippen molar-refractivity contribution >= 4 is 18.4 Å². The molecule has 2 aromatic heterocycles. The molecule has 0 amide bonds. The quantitative estimate of drug-likeness (QED) is 0.588. The Morgan fingerprint density at radius 2 is 2.08 bits per heavy atom. The lowest BCUT2D eigenvalue weighted by Crippen LogP contribution is -1.97. The van der Waals surface area contributed by atoms with E-state index in [2.05, 4.69) is 21.4 Å². The smallest absolute Gasteiger partial charge is 0.216 e. The predicted molar refractivity (Wildman–Crippen MR) is 90.7 cm³/mol. The number of rotatable bonds is 3. The number of halogens is 1. The monoisotopic (exact) mass is 340 g/mol. The van der Waals surface area contributed by atoms with Crippen LogP contribution in [0.5, 0.6) is 0 Å². The van der Waals surface area contributed by atoms with Crippen LogP contribution >= 0.6 is 12.2 Å². The molecule has 0 radical (unpaired) electrons. The van der Waals surface area contributed by atoms with E-state index in [1.165, 1.54) is 16.8 Å². The Bertz CT molecular complexity index is 1020. The number of aromatic amines is 1. The Morgan fingerprint density at radius 3 is 2.71 bits per heavy atom. The van der Waals surface area contributed by atoms with E-state index in [9.17, 15) is 4.39 Å². The first kappa shape index (κ1) is 15.8. The molecule has 0 saturated heterocycles. The summed E-state index contributed by atoms with van der Waals surface area (Å²) >= 11 is 5.20. The molecule has 3 aromatic rings. The zero-order chi connectivity index (χ0) is 17.3. The number of H-pyrrole nitrogens is 1. The third-order valence-electron chi connectivity index (χ3n) is 3.75. The van der Waals surface area contributed by atoms with Gasteiger partial charge in [0.25, 0.3) is 0 Å². The zero-order valence-electron chi connectivity index (χ0n) is 13.0. The summed E-state index contributed by atoms with van der Waals surface area (Å²) in [6, 6.07) is 9.78. The molecule has 0 aliphatic heterocycles. The average Bonchev–Trinajstić information content (AvgIpc) is 3.08. The molecule has 120 valence electrons. The SMILES string of the molecule is Cc1c(/C=N\n2c(-c3ccc(F)cc3)n[nH]c2=S)cc(C#N)n1C. The molecule has 0 aliphatic carbocycles. The summed E-state index contributed by atoms with van der Waals surface area (Å²) < 4.78 is 16.6. The number of nitrogens with zero attached hydrogens (tertiary/aromatic N) is 5. The Balaban J connectivity index is 2.02. The van der Waals surface area contributed by atoms with Crippen molar-refractivity contribution in [3.8, 4) is 17.5 Å². The second-order valence-electron chi connectivity index (χ2n) is 5.16. The first-order chi connectivity index (χ1) is 11.5. The van der Waals surface area contributed by atoms with Crippen molar-refractivity contribution in [2.75, 3.05) is 0 Å². The van der Waals surface area contributed by atoms with E-state index >= 15 is 0 Å². The molecule has 0 spiro atoms. The first-order valence-corrected chi connectivity index (χ1v) is 7.46. The number of nitriles is 1. The van der Waals surface area contributed by atoms with E-state index in [-0.39, 0.29) is 5.82 Å². The van der Waals surface area contributed by atoms with Crippen molar-refractivity contribution < 1.29 is 4.39 Å². The van der Waals surface area contributed by atoms with Crippen LogP contribution in [0.25, 0.3) is 11.4 Å². The summed E-state index contributed by atoms with van der Waals surface area (Å²) in [7, 11) is 1.82. The predicted octanol–water partition coefficient (Wildman–Crippen LogP) is 3.15. The van der Waals surface area contributed by atoms with Gasteiger partial charge in [0.2, 0.25) is 4.77 Å². The highest BCUT2D eigenvalue weighted by Crippen LogP contribution is 2.18. The second kappa shape index (κ2) is 6.22. The molecule has 1 N–H and O–H groups in total. The van der Waals surface area contributed by atoms with Gasteiger partial charge in [-0.1, -0.05) is 0 Å². The molecule has 24 heavy (non-hydrogen) atoms. The molecular weight excluding hydrogens is 327 g/mol. The third kappa shape index (κ3) is 2.77. The van der Waals surface area contributed by atoms with Crippen molar-refractivity contribution in [1.29, 1.82) is 5.26 Å². The van der Waals surface area contributed by atoms with Crippen LogP contribution in [0.15, 0.2) is 35.4 Å². The van der Waals surface area contributed by atoms with Gasteiger partial charge in [-0.15, -0.1) is 0 Å². The number of aromatic nitrogens is 4. The van der Waals surface area contributed by atoms with Gasteiger partial charge in [0.1, 0.15) is 17.6 Å². The molecule has 6 nitrogen and oxygen atoms in total. The fourth-order valence-corrected chi connectivity index (χ4v) is 2.44. The molecule has 1 aromatic carbocycles. The van der Waals surface area contributed by atoms with Gasteiger partial charge in [0.05, 0.1) is 6.21 Å². The van der Waals surface area contributed by atoms with Crippen molar-refractivity contribution in [3.63, 3.8) is 0 Å². The molecule has 0 atom stereocenters. The summed E-state index contributed by atoms with van der Waals surface area (Å²) in [5.74, 6) is 0.150. The number of hydrogen-bond acceptors (Lipinski definition) is 4. The first-order valence-electron chi connectivity index (χ1n) is 7.05. The van der Waals surface area contributed by atoms with Crippen molar-refractivity contribution in [2.45, 2.75) is 6.92 Å². The minimum absolute atomic E-state index is 0.319. The van der Waals surface area contributed by atoms with Gasteiger partial charge < -0.3 is 4.57 Å². The Morgan fingerprint density at radius 1 is 1.38 bits per heavy atom. The van der Waals surface area contributed by atoms with E-state index < -0.39 is 0 Å². The fourth-order valence-electron chi connectivity index (χ4n) is 2.27. The number of nitrogens with one attached hydrogen (secondary N) is 1. The highest BCUT2D eigenvalue weighted by atomic mass is 32.1. The lowest BCUT2D eigenvalue weighted by Gasteiger charge is -2.01. The summed E-state index contributed by atoms with van der Waals surface area (Å²) in [6.07, 6.45) is 1.62. The number of hydrogen-bond donors (Lipinski definition) is 1. The van der Waals surface area contributed by atoms with E-state index in [1.54, 1.807) is 29.0 Å². The van der Waals surface area contributed by atoms with E-state index in [4.69, 9.17) is 17.5 Å². The van der Waals surface area contributed by atoms with Gasteiger partial charge in [-0.2, -0.15) is 20.1 Å². The second-order valence-corrected chi connectivity index (χ2v) is 5.54. The normalized spacial score (nSPS) is 11.1. The van der Waals surface area contributed by atoms with Gasteiger partial charge in [-0.05, 0) is 49.5 Å². The molecule has 0 bridgehead atoms.